The van der Waals surface area contributed by atoms with Crippen LogP contribution in [-0.2, 0) is 13.0 Å². The molecule has 0 saturated heterocycles. The Morgan fingerprint density at radius 2 is 1.69 bits per heavy atom. The molecule has 0 aliphatic carbocycles. The lowest BCUT2D eigenvalue weighted by atomic mass is 10.1. The van der Waals surface area contributed by atoms with Gasteiger partial charge in [-0.25, -0.2) is 0 Å². The first-order valence-corrected chi connectivity index (χ1v) is 8.37. The van der Waals surface area contributed by atoms with Crippen LogP contribution < -0.4 is 0 Å². The van der Waals surface area contributed by atoms with Crippen LogP contribution in [0.15, 0.2) is 71.4 Å². The summed E-state index contributed by atoms with van der Waals surface area (Å²) in [6.45, 7) is 0.501. The van der Waals surface area contributed by atoms with Gasteiger partial charge in [-0.05, 0) is 11.1 Å². The molecule has 130 valence electrons. The minimum Gasteiger partial charge on any atom is -0.416 e. The number of hydrogen-bond donors (Lipinski definition) is 0. The SMILES string of the molecule is CN(Cc1ccccc1)C(=O)c1oc2ncnn2c1Cc1ccccc1. The number of fused-ring (bicyclic) bond motifs is 1. The third kappa shape index (κ3) is 3.09. The molecule has 26 heavy (non-hydrogen) atoms. The van der Waals surface area contributed by atoms with Crippen LogP contribution in [0.2, 0.25) is 0 Å². The van der Waals surface area contributed by atoms with Gasteiger partial charge in [0.05, 0.1) is 0 Å². The smallest absolute Gasteiger partial charge is 0.325 e. The first kappa shape index (κ1) is 16.1. The fourth-order valence-corrected chi connectivity index (χ4v) is 2.95. The highest BCUT2D eigenvalue weighted by Gasteiger charge is 2.25. The third-order valence-corrected chi connectivity index (χ3v) is 4.25. The first-order valence-electron chi connectivity index (χ1n) is 8.37. The van der Waals surface area contributed by atoms with Gasteiger partial charge in [-0.15, -0.1) is 0 Å². The summed E-state index contributed by atoms with van der Waals surface area (Å²) >= 11 is 0. The predicted octanol–water partition coefficient (Wildman–Crippen LogP) is 3.19. The maximum absolute atomic E-state index is 13.0. The van der Waals surface area contributed by atoms with Gasteiger partial charge < -0.3 is 9.32 Å². The number of hydrogen-bond acceptors (Lipinski definition) is 4. The molecule has 0 radical (unpaired) electrons. The Balaban J connectivity index is 1.66. The molecule has 2 aromatic carbocycles. The van der Waals surface area contributed by atoms with E-state index in [1.807, 2.05) is 60.7 Å². The van der Waals surface area contributed by atoms with Crippen LogP contribution in [0.1, 0.15) is 27.4 Å². The van der Waals surface area contributed by atoms with Crippen molar-refractivity contribution in [3.05, 3.63) is 89.6 Å². The van der Waals surface area contributed by atoms with Crippen LogP contribution in [0.25, 0.3) is 5.84 Å². The molecule has 1 amide bonds. The summed E-state index contributed by atoms with van der Waals surface area (Å²) < 4.78 is 7.32. The second-order valence-electron chi connectivity index (χ2n) is 6.14. The minimum atomic E-state index is -0.188. The first-order chi connectivity index (χ1) is 12.7. The van der Waals surface area contributed by atoms with Crippen molar-refractivity contribution in [3.63, 3.8) is 0 Å². The molecular weight excluding hydrogens is 328 g/mol. The van der Waals surface area contributed by atoms with Gasteiger partial charge in [-0.2, -0.15) is 14.6 Å². The molecule has 0 aliphatic heterocycles. The Hall–Kier alpha value is -3.41. The van der Waals surface area contributed by atoms with E-state index in [1.54, 1.807) is 16.5 Å². The summed E-state index contributed by atoms with van der Waals surface area (Å²) in [5.74, 6) is 0.419. The molecule has 2 heterocycles. The van der Waals surface area contributed by atoms with Crippen molar-refractivity contribution >= 4 is 11.8 Å². The zero-order valence-electron chi connectivity index (χ0n) is 14.4. The van der Waals surface area contributed by atoms with E-state index in [0.717, 1.165) is 11.1 Å². The highest BCUT2D eigenvalue weighted by molar-refractivity contribution is 5.93. The molecular formula is C20H18N4O2. The van der Waals surface area contributed by atoms with Gasteiger partial charge in [-0.1, -0.05) is 60.7 Å². The van der Waals surface area contributed by atoms with Crippen LogP contribution in [0, 0.1) is 0 Å². The van der Waals surface area contributed by atoms with Crippen molar-refractivity contribution in [3.8, 4) is 0 Å². The standard InChI is InChI=1S/C20H18N4O2/c1-23(13-16-10-6-3-7-11-16)19(25)18-17(12-15-8-4-2-5-9-15)24-20(26-18)21-14-22-24/h2-11,14H,12-13H2,1H3. The van der Waals surface area contributed by atoms with Crippen molar-refractivity contribution < 1.29 is 9.21 Å². The molecule has 4 rings (SSSR count). The molecule has 0 bridgehead atoms. The topological polar surface area (TPSA) is 63.6 Å². The number of benzene rings is 2. The van der Waals surface area contributed by atoms with Crippen LogP contribution >= 0.6 is 0 Å². The molecule has 2 aromatic heterocycles. The molecule has 0 fully saturated rings. The van der Waals surface area contributed by atoms with Crippen molar-refractivity contribution in [2.75, 3.05) is 7.05 Å². The number of carbonyl (C=O) groups excluding carboxylic acids is 1. The number of carbonyl (C=O) groups is 1. The molecule has 0 unspecified atom stereocenters. The molecule has 4 aromatic rings. The van der Waals surface area contributed by atoms with Crippen molar-refractivity contribution in [1.82, 2.24) is 19.5 Å². The van der Waals surface area contributed by atoms with Gasteiger partial charge in [0.15, 0.2) is 0 Å². The normalized spacial score (nSPS) is 11.0. The molecule has 0 saturated carbocycles. The third-order valence-electron chi connectivity index (χ3n) is 4.25. The van der Waals surface area contributed by atoms with Crippen LogP contribution in [-0.4, -0.2) is 32.5 Å². The Morgan fingerprint density at radius 3 is 2.38 bits per heavy atom. The van der Waals surface area contributed by atoms with Crippen LogP contribution in [0.4, 0.5) is 0 Å². The number of amides is 1. The fraction of sp³-hybridized carbons (Fsp3) is 0.150. The molecule has 0 atom stereocenters. The van der Waals surface area contributed by atoms with Gasteiger partial charge >= 0.3 is 5.84 Å². The maximum atomic E-state index is 13.0. The van der Waals surface area contributed by atoms with Gasteiger partial charge in [0.1, 0.15) is 12.0 Å². The summed E-state index contributed by atoms with van der Waals surface area (Å²) in [6, 6.07) is 19.8. The van der Waals surface area contributed by atoms with Gasteiger partial charge in [0.25, 0.3) is 5.91 Å². The van der Waals surface area contributed by atoms with E-state index in [9.17, 15) is 4.79 Å². The second-order valence-corrected chi connectivity index (χ2v) is 6.14. The van der Waals surface area contributed by atoms with E-state index in [4.69, 9.17) is 4.42 Å². The molecule has 0 spiro atoms. The van der Waals surface area contributed by atoms with E-state index in [1.165, 1.54) is 6.33 Å². The zero-order chi connectivity index (χ0) is 17.9. The predicted molar refractivity (Wildman–Crippen MR) is 96.7 cm³/mol. The number of aromatic nitrogens is 3. The molecule has 6 heteroatoms. The van der Waals surface area contributed by atoms with Crippen molar-refractivity contribution in [1.29, 1.82) is 0 Å². The average Bonchev–Trinajstić information content (AvgIpc) is 3.25. The van der Waals surface area contributed by atoms with E-state index >= 15 is 0 Å². The van der Waals surface area contributed by atoms with E-state index in [2.05, 4.69) is 10.1 Å². The lowest BCUT2D eigenvalue weighted by molar-refractivity contribution is 0.0754. The number of oxazole rings is 1. The van der Waals surface area contributed by atoms with Gasteiger partial charge in [0, 0.05) is 20.0 Å². The zero-order valence-corrected chi connectivity index (χ0v) is 14.4. The molecule has 0 aliphatic rings. The van der Waals surface area contributed by atoms with E-state index in [-0.39, 0.29) is 11.7 Å². The Kier molecular flexibility index (Phi) is 4.23. The number of nitrogens with zero attached hydrogens (tertiary/aromatic N) is 4. The largest absolute Gasteiger partial charge is 0.416 e. The Bertz CT molecular complexity index is 1020. The van der Waals surface area contributed by atoms with Gasteiger partial charge in [-0.3, -0.25) is 4.79 Å². The highest BCUT2D eigenvalue weighted by atomic mass is 16.4. The maximum Gasteiger partial charge on any atom is 0.325 e. The van der Waals surface area contributed by atoms with E-state index < -0.39 is 0 Å². The summed E-state index contributed by atoms with van der Waals surface area (Å²) in [6.07, 6.45) is 1.96. The Morgan fingerprint density at radius 1 is 1.04 bits per heavy atom. The van der Waals surface area contributed by atoms with E-state index in [0.29, 0.717) is 24.5 Å². The summed E-state index contributed by atoms with van der Waals surface area (Å²) in [7, 11) is 1.76. The summed E-state index contributed by atoms with van der Waals surface area (Å²) in [4.78, 5) is 18.7. The lowest BCUT2D eigenvalue weighted by Crippen LogP contribution is -2.27. The van der Waals surface area contributed by atoms with Gasteiger partial charge in [0.2, 0.25) is 5.76 Å². The lowest BCUT2D eigenvalue weighted by Gasteiger charge is -2.16. The molecule has 0 N–H and O–H groups in total. The minimum absolute atomic E-state index is 0.188. The monoisotopic (exact) mass is 346 g/mol. The van der Waals surface area contributed by atoms with Crippen molar-refractivity contribution in [2.45, 2.75) is 13.0 Å². The quantitative estimate of drug-likeness (QED) is 0.557. The Labute approximate surface area is 150 Å². The second kappa shape index (κ2) is 6.84. The van der Waals surface area contributed by atoms with Crippen LogP contribution in [0.3, 0.4) is 0 Å². The molecule has 6 nitrogen and oxygen atoms in total. The van der Waals surface area contributed by atoms with Crippen LogP contribution in [0.5, 0.6) is 0 Å². The summed E-state index contributed by atoms with van der Waals surface area (Å²) in [5.41, 5.74) is 2.83. The summed E-state index contributed by atoms with van der Waals surface area (Å²) in [5, 5.41) is 4.20. The number of rotatable bonds is 5. The van der Waals surface area contributed by atoms with Crippen molar-refractivity contribution in [2.24, 2.45) is 0 Å². The fourth-order valence-electron chi connectivity index (χ4n) is 2.95. The highest BCUT2D eigenvalue weighted by Crippen LogP contribution is 2.20. The average molecular weight is 346 g/mol.